The summed E-state index contributed by atoms with van der Waals surface area (Å²) in [7, 11) is 0. The molecule has 1 aliphatic rings. The van der Waals surface area contributed by atoms with Gasteiger partial charge in [0, 0.05) is 16.5 Å². The highest BCUT2D eigenvalue weighted by atomic mass is 32.1. The third-order valence-electron chi connectivity index (χ3n) is 5.84. The molecule has 0 unspecified atom stereocenters. The number of benzene rings is 3. The molecule has 0 atom stereocenters. The van der Waals surface area contributed by atoms with E-state index in [0.29, 0.717) is 27.5 Å². The molecular formula is C27H21N3O3S. The van der Waals surface area contributed by atoms with Crippen LogP contribution < -0.4 is 10.2 Å². The Labute approximate surface area is 200 Å². The minimum absolute atomic E-state index is 0.313. The Morgan fingerprint density at radius 3 is 2.06 bits per heavy atom. The molecule has 3 aromatic carbocycles. The van der Waals surface area contributed by atoms with Crippen LogP contribution in [0.5, 0.6) is 0 Å². The number of fused-ring (bicyclic) bond motifs is 1. The number of hydrogen-bond donors (Lipinski definition) is 1. The second kappa shape index (κ2) is 8.35. The lowest BCUT2D eigenvalue weighted by Crippen LogP contribution is -2.29. The van der Waals surface area contributed by atoms with Crippen molar-refractivity contribution in [3.8, 4) is 11.3 Å². The van der Waals surface area contributed by atoms with Crippen LogP contribution in [0, 0.1) is 20.8 Å². The minimum Gasteiger partial charge on any atom is -0.298 e. The summed E-state index contributed by atoms with van der Waals surface area (Å²) >= 11 is 1.37. The van der Waals surface area contributed by atoms with Crippen LogP contribution in [0.4, 0.5) is 10.8 Å². The second-order valence-corrected chi connectivity index (χ2v) is 9.16. The first-order valence-corrected chi connectivity index (χ1v) is 11.6. The molecule has 0 fully saturated rings. The fourth-order valence-electron chi connectivity index (χ4n) is 4.38. The Kier molecular flexibility index (Phi) is 5.34. The van der Waals surface area contributed by atoms with Gasteiger partial charge < -0.3 is 0 Å². The Hall–Kier alpha value is -4.10. The summed E-state index contributed by atoms with van der Waals surface area (Å²) in [5, 5.41) is 5.28. The van der Waals surface area contributed by atoms with E-state index in [9.17, 15) is 14.4 Å². The van der Waals surface area contributed by atoms with E-state index >= 15 is 0 Å². The average Bonchev–Trinajstić information content (AvgIpc) is 3.36. The van der Waals surface area contributed by atoms with Gasteiger partial charge in [-0.05, 0) is 68.3 Å². The van der Waals surface area contributed by atoms with Gasteiger partial charge in [0.05, 0.1) is 22.5 Å². The van der Waals surface area contributed by atoms with Crippen LogP contribution in [0.1, 0.15) is 47.8 Å². The third kappa shape index (κ3) is 3.70. The van der Waals surface area contributed by atoms with Gasteiger partial charge in [0.1, 0.15) is 0 Å². The molecule has 0 spiro atoms. The Balaban J connectivity index is 1.33. The van der Waals surface area contributed by atoms with Crippen molar-refractivity contribution in [2.24, 2.45) is 0 Å². The van der Waals surface area contributed by atoms with Crippen molar-refractivity contribution in [3.63, 3.8) is 0 Å². The van der Waals surface area contributed by atoms with E-state index in [4.69, 9.17) is 0 Å². The first-order chi connectivity index (χ1) is 16.3. The topological polar surface area (TPSA) is 79.4 Å². The van der Waals surface area contributed by atoms with Crippen molar-refractivity contribution < 1.29 is 14.4 Å². The van der Waals surface area contributed by atoms with Crippen molar-refractivity contribution in [1.29, 1.82) is 0 Å². The van der Waals surface area contributed by atoms with Crippen molar-refractivity contribution in [3.05, 3.63) is 99.4 Å². The van der Waals surface area contributed by atoms with E-state index in [0.717, 1.165) is 27.3 Å². The lowest BCUT2D eigenvalue weighted by Gasteiger charge is -2.14. The number of imide groups is 1. The number of anilines is 2. The molecule has 0 aliphatic carbocycles. The summed E-state index contributed by atoms with van der Waals surface area (Å²) in [4.78, 5) is 43.9. The molecule has 5 rings (SSSR count). The summed E-state index contributed by atoms with van der Waals surface area (Å²) in [6.07, 6.45) is 0. The Bertz CT molecular complexity index is 1410. The van der Waals surface area contributed by atoms with E-state index in [1.165, 1.54) is 16.9 Å². The van der Waals surface area contributed by atoms with Crippen molar-refractivity contribution in [1.82, 2.24) is 4.98 Å². The van der Waals surface area contributed by atoms with Gasteiger partial charge in [-0.2, -0.15) is 0 Å². The maximum atomic E-state index is 12.8. The van der Waals surface area contributed by atoms with Crippen LogP contribution in [-0.4, -0.2) is 22.7 Å². The van der Waals surface area contributed by atoms with Crippen LogP contribution in [-0.2, 0) is 0 Å². The lowest BCUT2D eigenvalue weighted by atomic mass is 9.98. The first-order valence-electron chi connectivity index (χ1n) is 10.8. The first kappa shape index (κ1) is 21.7. The van der Waals surface area contributed by atoms with Crippen molar-refractivity contribution >= 4 is 39.9 Å². The number of thiazole rings is 1. The van der Waals surface area contributed by atoms with Crippen LogP contribution in [0.2, 0.25) is 0 Å². The lowest BCUT2D eigenvalue weighted by molar-refractivity contribution is 0.0925. The number of nitrogens with one attached hydrogen (secondary N) is 1. The summed E-state index contributed by atoms with van der Waals surface area (Å²) in [5.41, 5.74) is 6.98. The largest absolute Gasteiger partial charge is 0.298 e. The predicted octanol–water partition coefficient (Wildman–Crippen LogP) is 5.79. The smallest absolute Gasteiger partial charge is 0.266 e. The van der Waals surface area contributed by atoms with Gasteiger partial charge in [0.25, 0.3) is 17.7 Å². The van der Waals surface area contributed by atoms with Gasteiger partial charge >= 0.3 is 0 Å². The molecule has 168 valence electrons. The third-order valence-corrected chi connectivity index (χ3v) is 6.60. The zero-order valence-corrected chi connectivity index (χ0v) is 19.7. The number of nitrogens with zero attached hydrogens (tertiary/aromatic N) is 2. The summed E-state index contributed by atoms with van der Waals surface area (Å²) < 4.78 is 0. The molecule has 0 radical (unpaired) electrons. The molecule has 6 nitrogen and oxygen atoms in total. The molecule has 34 heavy (non-hydrogen) atoms. The Morgan fingerprint density at radius 1 is 0.882 bits per heavy atom. The van der Waals surface area contributed by atoms with E-state index in [1.54, 1.807) is 48.5 Å². The SMILES string of the molecule is Cc1cc(C)c(-c2csc(NC(=O)c3ccc(N4C(=O)c5ccccc5C4=O)cc3)n2)c(C)c1. The van der Waals surface area contributed by atoms with Crippen LogP contribution >= 0.6 is 11.3 Å². The molecular weight excluding hydrogens is 446 g/mol. The van der Waals surface area contributed by atoms with Gasteiger partial charge in [-0.25, -0.2) is 9.88 Å². The molecule has 4 aromatic rings. The van der Waals surface area contributed by atoms with E-state index in [2.05, 4.69) is 43.2 Å². The standard InChI is InChI=1S/C27H21N3O3S/c1-15-12-16(2)23(17(3)13-15)22-14-34-27(28-22)29-24(31)18-8-10-19(11-9-18)30-25(32)20-6-4-5-7-21(20)26(30)33/h4-14H,1-3H3,(H,28,29,31). The fraction of sp³-hybridized carbons (Fsp3) is 0.111. The average molecular weight is 468 g/mol. The zero-order chi connectivity index (χ0) is 24.0. The Morgan fingerprint density at radius 2 is 1.47 bits per heavy atom. The van der Waals surface area contributed by atoms with Gasteiger partial charge in [-0.1, -0.05) is 29.8 Å². The van der Waals surface area contributed by atoms with Crippen LogP contribution in [0.25, 0.3) is 11.3 Å². The quantitative estimate of drug-likeness (QED) is 0.386. The fourth-order valence-corrected chi connectivity index (χ4v) is 5.08. The van der Waals surface area contributed by atoms with E-state index < -0.39 is 0 Å². The van der Waals surface area contributed by atoms with Crippen LogP contribution in [0.15, 0.2) is 66.0 Å². The minimum atomic E-state index is -0.366. The highest BCUT2D eigenvalue weighted by molar-refractivity contribution is 7.14. The van der Waals surface area contributed by atoms with Crippen molar-refractivity contribution in [2.75, 3.05) is 10.2 Å². The predicted molar refractivity (Wildman–Crippen MR) is 134 cm³/mol. The second-order valence-electron chi connectivity index (χ2n) is 8.30. The number of hydrogen-bond acceptors (Lipinski definition) is 5. The zero-order valence-electron chi connectivity index (χ0n) is 18.9. The molecule has 1 N–H and O–H groups in total. The molecule has 1 aliphatic heterocycles. The van der Waals surface area contributed by atoms with E-state index in [1.807, 2.05) is 5.38 Å². The number of aryl methyl sites for hydroxylation is 3. The maximum absolute atomic E-state index is 12.8. The van der Waals surface area contributed by atoms with Crippen molar-refractivity contribution in [2.45, 2.75) is 20.8 Å². The molecule has 0 bridgehead atoms. The number of carbonyl (C=O) groups is 3. The highest BCUT2D eigenvalue weighted by Crippen LogP contribution is 2.32. The molecule has 0 saturated heterocycles. The molecule has 3 amide bonds. The monoisotopic (exact) mass is 467 g/mol. The van der Waals surface area contributed by atoms with E-state index in [-0.39, 0.29) is 17.7 Å². The highest BCUT2D eigenvalue weighted by Gasteiger charge is 2.36. The normalized spacial score (nSPS) is 12.7. The molecule has 1 aromatic heterocycles. The van der Waals surface area contributed by atoms with Crippen LogP contribution in [0.3, 0.4) is 0 Å². The van der Waals surface area contributed by atoms with Gasteiger partial charge in [-0.3, -0.25) is 19.7 Å². The number of carbonyl (C=O) groups excluding carboxylic acids is 3. The van der Waals surface area contributed by atoms with Gasteiger partial charge in [-0.15, -0.1) is 11.3 Å². The summed E-state index contributed by atoms with van der Waals surface area (Å²) in [6.45, 7) is 6.18. The number of aromatic nitrogens is 1. The molecule has 2 heterocycles. The number of rotatable bonds is 4. The molecule has 7 heteroatoms. The maximum Gasteiger partial charge on any atom is 0.266 e. The molecule has 0 saturated carbocycles. The summed E-state index contributed by atoms with van der Waals surface area (Å²) in [5.74, 6) is -1.04. The number of amides is 3. The summed E-state index contributed by atoms with van der Waals surface area (Å²) in [6, 6.07) is 17.4. The van der Waals surface area contributed by atoms with Gasteiger partial charge in [0.15, 0.2) is 5.13 Å². The van der Waals surface area contributed by atoms with Gasteiger partial charge in [0.2, 0.25) is 0 Å².